The number of hydrogen-bond acceptors (Lipinski definition) is 5. The SMILES string of the molecule is Cc1cc(C(=O)CSc2n[nH]c(CC3CCCC3)n2)c(C)s1. The first-order valence-corrected chi connectivity index (χ1v) is 9.56. The summed E-state index contributed by atoms with van der Waals surface area (Å²) in [7, 11) is 0. The smallest absolute Gasteiger partial charge is 0.208 e. The molecule has 2 heterocycles. The van der Waals surface area contributed by atoms with Gasteiger partial charge in [-0.2, -0.15) is 0 Å². The molecule has 0 saturated heterocycles. The molecular formula is C16H21N3OS2. The minimum atomic E-state index is 0.161. The summed E-state index contributed by atoms with van der Waals surface area (Å²) in [5.74, 6) is 2.28. The highest BCUT2D eigenvalue weighted by Crippen LogP contribution is 2.28. The Labute approximate surface area is 139 Å². The van der Waals surface area contributed by atoms with Crippen LogP contribution in [0.4, 0.5) is 0 Å². The molecule has 4 nitrogen and oxygen atoms in total. The van der Waals surface area contributed by atoms with Gasteiger partial charge >= 0.3 is 0 Å². The molecule has 0 bridgehead atoms. The minimum Gasteiger partial charge on any atom is -0.293 e. The van der Waals surface area contributed by atoms with E-state index in [1.54, 1.807) is 11.3 Å². The van der Waals surface area contributed by atoms with Crippen LogP contribution in [0.2, 0.25) is 0 Å². The molecule has 0 aromatic carbocycles. The summed E-state index contributed by atoms with van der Waals surface area (Å²) in [6.45, 7) is 4.04. The van der Waals surface area contributed by atoms with Crippen molar-refractivity contribution in [3.63, 3.8) is 0 Å². The third-order valence-electron chi connectivity index (χ3n) is 4.14. The molecule has 1 N–H and O–H groups in total. The Bertz CT molecular complexity index is 656. The second kappa shape index (κ2) is 6.96. The van der Waals surface area contributed by atoms with Crippen molar-refractivity contribution in [3.8, 4) is 0 Å². The Kier molecular flexibility index (Phi) is 4.98. The number of ketones is 1. The zero-order chi connectivity index (χ0) is 15.5. The van der Waals surface area contributed by atoms with E-state index >= 15 is 0 Å². The van der Waals surface area contributed by atoms with Crippen LogP contribution < -0.4 is 0 Å². The van der Waals surface area contributed by atoms with Gasteiger partial charge in [0.25, 0.3) is 0 Å². The molecule has 3 rings (SSSR count). The van der Waals surface area contributed by atoms with E-state index in [1.165, 1.54) is 42.3 Å². The number of aromatic amines is 1. The Morgan fingerprint density at radius 1 is 1.41 bits per heavy atom. The summed E-state index contributed by atoms with van der Waals surface area (Å²) in [6, 6.07) is 1.98. The number of Topliss-reactive ketones (excluding diaryl/α,β-unsaturated/α-hetero) is 1. The van der Waals surface area contributed by atoms with Crippen LogP contribution in [0, 0.1) is 19.8 Å². The summed E-state index contributed by atoms with van der Waals surface area (Å²) in [5.41, 5.74) is 0.844. The highest BCUT2D eigenvalue weighted by atomic mass is 32.2. The third-order valence-corrected chi connectivity index (χ3v) is 5.95. The molecule has 1 saturated carbocycles. The number of carbonyl (C=O) groups excluding carboxylic acids is 1. The first-order chi connectivity index (χ1) is 10.6. The van der Waals surface area contributed by atoms with E-state index in [-0.39, 0.29) is 5.78 Å². The molecule has 0 atom stereocenters. The normalized spacial score (nSPS) is 15.5. The fourth-order valence-corrected chi connectivity index (χ4v) is 4.68. The van der Waals surface area contributed by atoms with Gasteiger partial charge in [-0.15, -0.1) is 16.4 Å². The van der Waals surface area contributed by atoms with E-state index in [0.717, 1.165) is 28.6 Å². The molecule has 0 unspecified atom stereocenters. The number of thioether (sulfide) groups is 1. The molecule has 1 aliphatic rings. The van der Waals surface area contributed by atoms with Crippen LogP contribution in [0.1, 0.15) is 51.6 Å². The number of aromatic nitrogens is 3. The van der Waals surface area contributed by atoms with Gasteiger partial charge in [0.05, 0.1) is 5.75 Å². The summed E-state index contributed by atoms with van der Waals surface area (Å²) in [5, 5.41) is 7.94. The second-order valence-electron chi connectivity index (χ2n) is 5.96. The number of thiophene rings is 1. The number of rotatable bonds is 6. The van der Waals surface area contributed by atoms with Gasteiger partial charge in [0.2, 0.25) is 5.16 Å². The highest BCUT2D eigenvalue weighted by molar-refractivity contribution is 7.99. The number of aryl methyl sites for hydroxylation is 2. The van der Waals surface area contributed by atoms with Crippen molar-refractivity contribution in [3.05, 3.63) is 27.2 Å². The van der Waals surface area contributed by atoms with Crippen molar-refractivity contribution < 1.29 is 4.79 Å². The fourth-order valence-electron chi connectivity index (χ4n) is 3.04. The van der Waals surface area contributed by atoms with Crippen molar-refractivity contribution in [2.24, 2.45) is 5.92 Å². The maximum atomic E-state index is 12.3. The van der Waals surface area contributed by atoms with Crippen LogP contribution in [0.5, 0.6) is 0 Å². The quantitative estimate of drug-likeness (QED) is 0.635. The Morgan fingerprint density at radius 2 is 2.18 bits per heavy atom. The van der Waals surface area contributed by atoms with E-state index in [2.05, 4.69) is 15.2 Å². The van der Waals surface area contributed by atoms with Crippen LogP contribution in [0.15, 0.2) is 11.2 Å². The zero-order valence-electron chi connectivity index (χ0n) is 13.0. The van der Waals surface area contributed by atoms with Crippen LogP contribution in [-0.2, 0) is 6.42 Å². The molecule has 6 heteroatoms. The molecular weight excluding hydrogens is 314 g/mol. The lowest BCUT2D eigenvalue weighted by Crippen LogP contribution is -2.02. The lowest BCUT2D eigenvalue weighted by molar-refractivity contribution is 0.102. The highest BCUT2D eigenvalue weighted by Gasteiger charge is 2.18. The first kappa shape index (κ1) is 15.7. The van der Waals surface area contributed by atoms with Crippen molar-refractivity contribution in [1.29, 1.82) is 0 Å². The topological polar surface area (TPSA) is 58.6 Å². The summed E-state index contributed by atoms with van der Waals surface area (Å²) >= 11 is 3.10. The number of carbonyl (C=O) groups is 1. The Morgan fingerprint density at radius 3 is 2.86 bits per heavy atom. The average molecular weight is 335 g/mol. The van der Waals surface area contributed by atoms with Gasteiger partial charge in [0.15, 0.2) is 5.78 Å². The van der Waals surface area contributed by atoms with Gasteiger partial charge in [0, 0.05) is 21.7 Å². The van der Waals surface area contributed by atoms with Gasteiger partial charge in [-0.05, 0) is 25.8 Å². The molecule has 1 fully saturated rings. The third kappa shape index (κ3) is 3.79. The van der Waals surface area contributed by atoms with Crippen LogP contribution >= 0.6 is 23.1 Å². The second-order valence-corrected chi connectivity index (χ2v) is 8.36. The van der Waals surface area contributed by atoms with Gasteiger partial charge in [-0.1, -0.05) is 37.4 Å². The molecule has 0 aliphatic heterocycles. The molecule has 2 aromatic heterocycles. The Hall–Kier alpha value is -1.14. The van der Waals surface area contributed by atoms with Crippen LogP contribution in [-0.4, -0.2) is 26.7 Å². The van der Waals surface area contributed by atoms with Crippen LogP contribution in [0.3, 0.4) is 0 Å². The largest absolute Gasteiger partial charge is 0.293 e. The lowest BCUT2D eigenvalue weighted by Gasteiger charge is -2.04. The molecule has 0 amide bonds. The zero-order valence-corrected chi connectivity index (χ0v) is 14.6. The van der Waals surface area contributed by atoms with E-state index in [0.29, 0.717) is 10.9 Å². The molecule has 118 valence electrons. The summed E-state index contributed by atoms with van der Waals surface area (Å²) in [4.78, 5) is 19.1. The molecule has 1 aliphatic carbocycles. The summed E-state index contributed by atoms with van der Waals surface area (Å²) in [6.07, 6.45) is 6.28. The maximum absolute atomic E-state index is 12.3. The number of nitrogens with zero attached hydrogens (tertiary/aromatic N) is 2. The van der Waals surface area contributed by atoms with E-state index in [4.69, 9.17) is 0 Å². The van der Waals surface area contributed by atoms with E-state index in [1.807, 2.05) is 19.9 Å². The number of hydrogen-bond donors (Lipinski definition) is 1. The standard InChI is InChI=1S/C16H21N3OS2/c1-10-7-13(11(2)22-10)14(20)9-21-16-17-15(18-19-16)8-12-5-3-4-6-12/h7,12H,3-6,8-9H2,1-2H3,(H,17,18,19). The van der Waals surface area contributed by atoms with E-state index < -0.39 is 0 Å². The average Bonchev–Trinajstić information content (AvgIpc) is 3.19. The van der Waals surface area contributed by atoms with Crippen molar-refractivity contribution >= 4 is 28.9 Å². The first-order valence-electron chi connectivity index (χ1n) is 7.76. The van der Waals surface area contributed by atoms with Gasteiger partial charge in [0.1, 0.15) is 5.82 Å². The number of nitrogens with one attached hydrogen (secondary N) is 1. The maximum Gasteiger partial charge on any atom is 0.208 e. The van der Waals surface area contributed by atoms with E-state index in [9.17, 15) is 4.79 Å². The monoisotopic (exact) mass is 335 g/mol. The van der Waals surface area contributed by atoms with Gasteiger partial charge < -0.3 is 0 Å². The fraction of sp³-hybridized carbons (Fsp3) is 0.562. The lowest BCUT2D eigenvalue weighted by atomic mass is 10.0. The van der Waals surface area contributed by atoms with Crippen molar-refractivity contribution in [1.82, 2.24) is 15.2 Å². The number of H-pyrrole nitrogens is 1. The molecule has 0 radical (unpaired) electrons. The predicted molar refractivity (Wildman–Crippen MR) is 90.9 cm³/mol. The molecule has 22 heavy (non-hydrogen) atoms. The summed E-state index contributed by atoms with van der Waals surface area (Å²) < 4.78 is 0. The van der Waals surface area contributed by atoms with Gasteiger partial charge in [-0.25, -0.2) is 4.98 Å². The predicted octanol–water partition coefficient (Wildman–Crippen LogP) is 4.19. The van der Waals surface area contributed by atoms with Gasteiger partial charge in [-0.3, -0.25) is 9.89 Å². The van der Waals surface area contributed by atoms with Crippen molar-refractivity contribution in [2.45, 2.75) is 51.1 Å². The Balaban J connectivity index is 1.54. The minimum absolute atomic E-state index is 0.161. The molecule has 2 aromatic rings. The van der Waals surface area contributed by atoms with Crippen molar-refractivity contribution in [2.75, 3.05) is 5.75 Å². The van der Waals surface area contributed by atoms with Crippen LogP contribution in [0.25, 0.3) is 0 Å². The molecule has 0 spiro atoms.